The third-order valence-corrected chi connectivity index (χ3v) is 3.50. The summed E-state index contributed by atoms with van der Waals surface area (Å²) in [5.74, 6) is 1.06. The molecule has 3 nitrogen and oxygen atoms in total. The van der Waals surface area contributed by atoms with Crippen LogP contribution >= 0.6 is 0 Å². The molecule has 0 bridgehead atoms. The molecule has 0 radical (unpaired) electrons. The molecular weight excluding hydrogens is 200 g/mol. The molecule has 0 aliphatic heterocycles. The maximum atomic E-state index is 11.6. The average Bonchev–Trinajstić information content (AvgIpc) is 2.30. The summed E-state index contributed by atoms with van der Waals surface area (Å²) in [6.45, 7) is 5.77. The molecule has 0 heterocycles. The van der Waals surface area contributed by atoms with Crippen LogP contribution in [0.1, 0.15) is 52.4 Å². The Kier molecular flexibility index (Phi) is 6.46. The van der Waals surface area contributed by atoms with E-state index in [0.717, 1.165) is 31.7 Å². The number of nitrogens with one attached hydrogen (secondary N) is 2. The van der Waals surface area contributed by atoms with Gasteiger partial charge in [-0.3, -0.25) is 4.79 Å². The molecule has 1 amide bonds. The first-order chi connectivity index (χ1) is 7.76. The van der Waals surface area contributed by atoms with Gasteiger partial charge in [-0.1, -0.05) is 20.3 Å². The number of carbonyl (C=O) groups excluding carboxylic acids is 1. The van der Waals surface area contributed by atoms with Gasteiger partial charge in [0.2, 0.25) is 5.91 Å². The number of rotatable bonds is 6. The quantitative estimate of drug-likeness (QED) is 0.681. The zero-order valence-electron chi connectivity index (χ0n) is 10.7. The van der Waals surface area contributed by atoms with Crippen molar-refractivity contribution in [1.29, 1.82) is 0 Å². The first-order valence-electron chi connectivity index (χ1n) is 6.76. The topological polar surface area (TPSA) is 41.1 Å². The first-order valence-corrected chi connectivity index (χ1v) is 6.76. The van der Waals surface area contributed by atoms with Crippen molar-refractivity contribution in [2.24, 2.45) is 5.92 Å². The minimum Gasteiger partial charge on any atom is -0.352 e. The minimum absolute atomic E-state index is 0.161. The lowest BCUT2D eigenvalue weighted by Gasteiger charge is -2.28. The highest BCUT2D eigenvalue weighted by atomic mass is 16.1. The second kappa shape index (κ2) is 7.66. The maximum absolute atomic E-state index is 11.6. The van der Waals surface area contributed by atoms with Crippen LogP contribution < -0.4 is 10.6 Å². The summed E-state index contributed by atoms with van der Waals surface area (Å²) < 4.78 is 0. The predicted molar refractivity (Wildman–Crippen MR) is 67.3 cm³/mol. The standard InChI is InChI=1S/C13H26N2O/c1-3-9-14-10-13(16)15-12-7-5-11(4-2)6-8-12/h11-12,14H,3-10H2,1-2H3,(H,15,16). The van der Waals surface area contributed by atoms with Gasteiger partial charge in [-0.15, -0.1) is 0 Å². The SMILES string of the molecule is CCCNCC(=O)NC1CCC(CC)CC1. The molecule has 1 aliphatic rings. The van der Waals surface area contributed by atoms with Crippen LogP contribution in [0.15, 0.2) is 0 Å². The van der Waals surface area contributed by atoms with E-state index in [-0.39, 0.29) is 5.91 Å². The summed E-state index contributed by atoms with van der Waals surface area (Å²) in [6, 6.07) is 0.429. The smallest absolute Gasteiger partial charge is 0.234 e. The summed E-state index contributed by atoms with van der Waals surface area (Å²) in [5.41, 5.74) is 0. The van der Waals surface area contributed by atoms with Crippen LogP contribution in [0.4, 0.5) is 0 Å². The van der Waals surface area contributed by atoms with Crippen molar-refractivity contribution in [3.05, 3.63) is 0 Å². The van der Waals surface area contributed by atoms with Gasteiger partial charge < -0.3 is 10.6 Å². The summed E-state index contributed by atoms with van der Waals surface area (Å²) in [6.07, 6.45) is 7.26. The monoisotopic (exact) mass is 226 g/mol. The van der Waals surface area contributed by atoms with Gasteiger partial charge in [0, 0.05) is 6.04 Å². The van der Waals surface area contributed by atoms with Crippen LogP contribution in [0.2, 0.25) is 0 Å². The van der Waals surface area contributed by atoms with Gasteiger partial charge in [0.05, 0.1) is 6.54 Å². The highest BCUT2D eigenvalue weighted by Gasteiger charge is 2.20. The molecular formula is C13H26N2O. The molecule has 1 fully saturated rings. The lowest BCUT2D eigenvalue weighted by Crippen LogP contribution is -2.42. The minimum atomic E-state index is 0.161. The van der Waals surface area contributed by atoms with Crippen LogP contribution in [0.25, 0.3) is 0 Å². The van der Waals surface area contributed by atoms with E-state index in [0.29, 0.717) is 12.6 Å². The Bertz CT molecular complexity index is 198. The molecule has 0 atom stereocenters. The molecule has 1 rings (SSSR count). The van der Waals surface area contributed by atoms with E-state index >= 15 is 0 Å². The van der Waals surface area contributed by atoms with Gasteiger partial charge in [0.25, 0.3) is 0 Å². The summed E-state index contributed by atoms with van der Waals surface area (Å²) >= 11 is 0. The molecule has 0 saturated heterocycles. The maximum Gasteiger partial charge on any atom is 0.234 e. The van der Waals surface area contributed by atoms with E-state index in [1.165, 1.54) is 19.3 Å². The number of carbonyl (C=O) groups is 1. The fourth-order valence-corrected chi connectivity index (χ4v) is 2.37. The Morgan fingerprint density at radius 2 is 1.88 bits per heavy atom. The van der Waals surface area contributed by atoms with Crippen LogP contribution in [0, 0.1) is 5.92 Å². The Morgan fingerprint density at radius 3 is 2.44 bits per heavy atom. The molecule has 3 heteroatoms. The normalized spacial score (nSPS) is 25.4. The Balaban J connectivity index is 2.10. The van der Waals surface area contributed by atoms with E-state index in [2.05, 4.69) is 24.5 Å². The molecule has 0 aromatic rings. The van der Waals surface area contributed by atoms with E-state index in [1.54, 1.807) is 0 Å². The largest absolute Gasteiger partial charge is 0.352 e. The average molecular weight is 226 g/mol. The predicted octanol–water partition coefficient (Wildman–Crippen LogP) is 2.07. The molecule has 1 saturated carbocycles. The van der Waals surface area contributed by atoms with Crippen LogP contribution in [-0.2, 0) is 4.79 Å². The Hall–Kier alpha value is -0.570. The molecule has 94 valence electrons. The molecule has 0 spiro atoms. The molecule has 0 aromatic carbocycles. The van der Waals surface area contributed by atoms with Gasteiger partial charge in [0.1, 0.15) is 0 Å². The van der Waals surface area contributed by atoms with Crippen molar-refractivity contribution >= 4 is 5.91 Å². The fraction of sp³-hybridized carbons (Fsp3) is 0.923. The fourth-order valence-electron chi connectivity index (χ4n) is 2.37. The highest BCUT2D eigenvalue weighted by Crippen LogP contribution is 2.26. The van der Waals surface area contributed by atoms with Crippen LogP contribution in [-0.4, -0.2) is 25.0 Å². The number of hydrogen-bond acceptors (Lipinski definition) is 2. The van der Waals surface area contributed by atoms with Crippen LogP contribution in [0.5, 0.6) is 0 Å². The van der Waals surface area contributed by atoms with Gasteiger partial charge in [-0.05, 0) is 44.6 Å². The third kappa shape index (κ3) is 4.97. The molecule has 0 unspecified atom stereocenters. The summed E-state index contributed by atoms with van der Waals surface area (Å²) in [5, 5.41) is 6.25. The van der Waals surface area contributed by atoms with E-state index in [1.807, 2.05) is 0 Å². The van der Waals surface area contributed by atoms with Crippen molar-refractivity contribution in [3.8, 4) is 0 Å². The second-order valence-electron chi connectivity index (χ2n) is 4.87. The van der Waals surface area contributed by atoms with Crippen molar-refractivity contribution in [1.82, 2.24) is 10.6 Å². The zero-order chi connectivity index (χ0) is 11.8. The van der Waals surface area contributed by atoms with E-state index < -0.39 is 0 Å². The van der Waals surface area contributed by atoms with Crippen molar-refractivity contribution in [2.75, 3.05) is 13.1 Å². The van der Waals surface area contributed by atoms with Gasteiger partial charge >= 0.3 is 0 Å². The first kappa shape index (κ1) is 13.5. The second-order valence-corrected chi connectivity index (χ2v) is 4.87. The van der Waals surface area contributed by atoms with Gasteiger partial charge in [-0.25, -0.2) is 0 Å². The van der Waals surface area contributed by atoms with Gasteiger partial charge in [0.15, 0.2) is 0 Å². The Morgan fingerprint density at radius 1 is 1.19 bits per heavy atom. The third-order valence-electron chi connectivity index (χ3n) is 3.50. The lowest BCUT2D eigenvalue weighted by atomic mass is 9.84. The Labute approximate surface area is 99.4 Å². The summed E-state index contributed by atoms with van der Waals surface area (Å²) in [7, 11) is 0. The molecule has 2 N–H and O–H groups in total. The number of amides is 1. The van der Waals surface area contributed by atoms with Crippen molar-refractivity contribution in [3.63, 3.8) is 0 Å². The van der Waals surface area contributed by atoms with Gasteiger partial charge in [-0.2, -0.15) is 0 Å². The van der Waals surface area contributed by atoms with E-state index in [4.69, 9.17) is 0 Å². The molecule has 1 aliphatic carbocycles. The summed E-state index contributed by atoms with van der Waals surface area (Å²) in [4.78, 5) is 11.6. The van der Waals surface area contributed by atoms with Crippen molar-refractivity contribution < 1.29 is 4.79 Å². The molecule has 0 aromatic heterocycles. The molecule has 16 heavy (non-hydrogen) atoms. The van der Waals surface area contributed by atoms with E-state index in [9.17, 15) is 4.79 Å². The van der Waals surface area contributed by atoms with Crippen molar-refractivity contribution in [2.45, 2.75) is 58.4 Å². The lowest BCUT2D eigenvalue weighted by molar-refractivity contribution is -0.121. The zero-order valence-corrected chi connectivity index (χ0v) is 10.7. The highest BCUT2D eigenvalue weighted by molar-refractivity contribution is 5.78. The number of hydrogen-bond donors (Lipinski definition) is 2. The van der Waals surface area contributed by atoms with Crippen LogP contribution in [0.3, 0.4) is 0 Å².